The SMILES string of the molecule is COc1cc(C)ccc1CN1CCO[C@H](c2cncc(Nc3ncccn3)n2)C1. The summed E-state index contributed by atoms with van der Waals surface area (Å²) in [5, 5.41) is 3.07. The van der Waals surface area contributed by atoms with Crippen molar-refractivity contribution in [3.8, 4) is 5.75 Å². The zero-order valence-electron chi connectivity index (χ0n) is 16.6. The standard InChI is InChI=1S/C21H24N6O2/c1-15-4-5-16(18(10-15)28-2)13-27-8-9-29-19(14-27)17-11-22-12-20(25-17)26-21-23-6-3-7-24-21/h3-7,10-12,19H,8-9,13-14H2,1-2H3,(H,23,24,25,26)/t19-/m0/s1. The monoisotopic (exact) mass is 392 g/mol. The van der Waals surface area contributed by atoms with Crippen LogP contribution in [0, 0.1) is 6.92 Å². The Kier molecular flexibility index (Phi) is 5.92. The molecule has 150 valence electrons. The third kappa shape index (κ3) is 4.85. The summed E-state index contributed by atoms with van der Waals surface area (Å²) in [6.45, 7) is 5.09. The molecule has 8 nitrogen and oxygen atoms in total. The molecule has 0 radical (unpaired) electrons. The minimum Gasteiger partial charge on any atom is -0.496 e. The van der Waals surface area contributed by atoms with Crippen molar-refractivity contribution >= 4 is 11.8 Å². The summed E-state index contributed by atoms with van der Waals surface area (Å²) in [4.78, 5) is 19.6. The number of hydrogen-bond acceptors (Lipinski definition) is 8. The second-order valence-corrected chi connectivity index (χ2v) is 6.94. The molecule has 1 atom stereocenters. The Morgan fingerprint density at radius 1 is 1.24 bits per heavy atom. The molecule has 3 aromatic rings. The van der Waals surface area contributed by atoms with Crippen LogP contribution in [0.5, 0.6) is 5.75 Å². The quantitative estimate of drug-likeness (QED) is 0.685. The third-order valence-corrected chi connectivity index (χ3v) is 4.78. The van der Waals surface area contributed by atoms with Gasteiger partial charge in [0.05, 0.1) is 31.8 Å². The maximum absolute atomic E-state index is 5.98. The maximum atomic E-state index is 5.98. The smallest absolute Gasteiger partial charge is 0.228 e. The van der Waals surface area contributed by atoms with Crippen molar-refractivity contribution in [3.05, 3.63) is 65.9 Å². The number of nitrogens with one attached hydrogen (secondary N) is 1. The highest BCUT2D eigenvalue weighted by Crippen LogP contribution is 2.26. The topological polar surface area (TPSA) is 85.3 Å². The van der Waals surface area contributed by atoms with Crippen molar-refractivity contribution in [2.24, 2.45) is 0 Å². The first-order valence-corrected chi connectivity index (χ1v) is 9.55. The highest BCUT2D eigenvalue weighted by molar-refractivity contribution is 5.45. The van der Waals surface area contributed by atoms with E-state index in [9.17, 15) is 0 Å². The van der Waals surface area contributed by atoms with Gasteiger partial charge in [0, 0.05) is 37.6 Å². The summed E-state index contributed by atoms with van der Waals surface area (Å²) >= 11 is 0. The van der Waals surface area contributed by atoms with Crippen molar-refractivity contribution < 1.29 is 9.47 Å². The van der Waals surface area contributed by atoms with Crippen LogP contribution in [0.1, 0.15) is 22.9 Å². The fourth-order valence-corrected chi connectivity index (χ4v) is 3.32. The lowest BCUT2D eigenvalue weighted by atomic mass is 10.1. The Balaban J connectivity index is 1.45. The number of benzene rings is 1. The second-order valence-electron chi connectivity index (χ2n) is 6.94. The summed E-state index contributed by atoms with van der Waals surface area (Å²) in [7, 11) is 1.71. The number of nitrogens with zero attached hydrogens (tertiary/aromatic N) is 5. The Hall–Kier alpha value is -3.10. The van der Waals surface area contributed by atoms with Gasteiger partial charge in [-0.25, -0.2) is 15.0 Å². The fourth-order valence-electron chi connectivity index (χ4n) is 3.32. The molecule has 1 fully saturated rings. The summed E-state index contributed by atoms with van der Waals surface area (Å²) in [6, 6.07) is 8.07. The maximum Gasteiger partial charge on any atom is 0.228 e. The van der Waals surface area contributed by atoms with E-state index >= 15 is 0 Å². The average molecular weight is 392 g/mol. The molecule has 1 aromatic carbocycles. The normalized spacial score (nSPS) is 17.1. The van der Waals surface area contributed by atoms with E-state index in [1.807, 2.05) is 0 Å². The predicted octanol–water partition coefficient (Wildman–Crippen LogP) is 2.90. The van der Waals surface area contributed by atoms with E-state index in [2.05, 4.69) is 55.3 Å². The van der Waals surface area contributed by atoms with Gasteiger partial charge in [-0.05, 0) is 24.6 Å². The second kappa shape index (κ2) is 8.93. The predicted molar refractivity (Wildman–Crippen MR) is 109 cm³/mol. The van der Waals surface area contributed by atoms with Crippen LogP contribution in [0.15, 0.2) is 49.1 Å². The highest BCUT2D eigenvalue weighted by Gasteiger charge is 2.24. The first-order chi connectivity index (χ1) is 14.2. The Morgan fingerprint density at radius 2 is 2.10 bits per heavy atom. The molecule has 0 unspecified atom stereocenters. The molecule has 0 spiro atoms. The molecule has 2 aromatic heterocycles. The zero-order chi connectivity index (χ0) is 20.1. The Morgan fingerprint density at radius 3 is 2.93 bits per heavy atom. The third-order valence-electron chi connectivity index (χ3n) is 4.78. The summed E-state index contributed by atoms with van der Waals surface area (Å²) in [5.74, 6) is 1.99. The van der Waals surface area contributed by atoms with Crippen molar-refractivity contribution in [3.63, 3.8) is 0 Å². The molecule has 1 aliphatic rings. The Labute approximate surface area is 170 Å². The van der Waals surface area contributed by atoms with Crippen LogP contribution >= 0.6 is 0 Å². The lowest BCUT2D eigenvalue weighted by molar-refractivity contribution is -0.0352. The van der Waals surface area contributed by atoms with Crippen molar-refractivity contribution in [1.82, 2.24) is 24.8 Å². The fraction of sp³-hybridized carbons (Fsp3) is 0.333. The molecular formula is C21H24N6O2. The van der Waals surface area contributed by atoms with Crippen LogP contribution in [-0.2, 0) is 11.3 Å². The van der Waals surface area contributed by atoms with E-state index in [-0.39, 0.29) is 6.10 Å². The highest BCUT2D eigenvalue weighted by atomic mass is 16.5. The molecule has 0 saturated carbocycles. The number of anilines is 2. The van der Waals surface area contributed by atoms with E-state index in [1.165, 1.54) is 11.1 Å². The molecule has 0 aliphatic carbocycles. The number of methoxy groups -OCH3 is 1. The van der Waals surface area contributed by atoms with Crippen molar-refractivity contribution in [2.75, 3.05) is 32.1 Å². The van der Waals surface area contributed by atoms with E-state index in [0.717, 1.165) is 31.1 Å². The molecule has 1 saturated heterocycles. The summed E-state index contributed by atoms with van der Waals surface area (Å²) in [6.07, 6.45) is 6.60. The molecule has 0 bridgehead atoms. The molecule has 1 N–H and O–H groups in total. The van der Waals surface area contributed by atoms with Gasteiger partial charge in [0.15, 0.2) is 5.82 Å². The van der Waals surface area contributed by atoms with Crippen LogP contribution < -0.4 is 10.1 Å². The summed E-state index contributed by atoms with van der Waals surface area (Å²) < 4.78 is 11.5. The van der Waals surface area contributed by atoms with Gasteiger partial charge < -0.3 is 14.8 Å². The number of aromatic nitrogens is 4. The molecule has 29 heavy (non-hydrogen) atoms. The number of hydrogen-bond donors (Lipinski definition) is 1. The first kappa shape index (κ1) is 19.2. The number of rotatable bonds is 6. The van der Waals surface area contributed by atoms with Crippen LogP contribution in [0.2, 0.25) is 0 Å². The van der Waals surface area contributed by atoms with Gasteiger partial charge in [-0.2, -0.15) is 0 Å². The minimum absolute atomic E-state index is 0.147. The van der Waals surface area contributed by atoms with E-state index < -0.39 is 0 Å². The Bertz CT molecular complexity index is 953. The van der Waals surface area contributed by atoms with Gasteiger partial charge in [-0.1, -0.05) is 12.1 Å². The molecule has 3 heterocycles. The van der Waals surface area contributed by atoms with Gasteiger partial charge in [-0.15, -0.1) is 0 Å². The molecule has 8 heteroatoms. The van der Waals surface area contributed by atoms with E-state index in [0.29, 0.717) is 18.4 Å². The van der Waals surface area contributed by atoms with Gasteiger partial charge in [-0.3, -0.25) is 9.88 Å². The number of ether oxygens (including phenoxy) is 2. The minimum atomic E-state index is -0.147. The molecular weight excluding hydrogens is 368 g/mol. The van der Waals surface area contributed by atoms with Gasteiger partial charge >= 0.3 is 0 Å². The van der Waals surface area contributed by atoms with Crippen molar-refractivity contribution in [2.45, 2.75) is 19.6 Å². The van der Waals surface area contributed by atoms with Gasteiger partial charge in [0.2, 0.25) is 5.95 Å². The first-order valence-electron chi connectivity index (χ1n) is 9.55. The zero-order valence-corrected chi connectivity index (χ0v) is 16.6. The lowest BCUT2D eigenvalue weighted by Crippen LogP contribution is -2.38. The molecule has 1 aliphatic heterocycles. The average Bonchev–Trinajstić information content (AvgIpc) is 2.76. The van der Waals surface area contributed by atoms with Gasteiger partial charge in [0.25, 0.3) is 0 Å². The van der Waals surface area contributed by atoms with Crippen molar-refractivity contribution in [1.29, 1.82) is 0 Å². The van der Waals surface area contributed by atoms with Crippen LogP contribution in [0.4, 0.5) is 11.8 Å². The summed E-state index contributed by atoms with van der Waals surface area (Å²) in [5.41, 5.74) is 3.14. The van der Waals surface area contributed by atoms with Crippen LogP contribution in [0.25, 0.3) is 0 Å². The van der Waals surface area contributed by atoms with Crippen LogP contribution in [-0.4, -0.2) is 51.6 Å². The number of aryl methyl sites for hydroxylation is 1. The molecule has 0 amide bonds. The number of morpholine rings is 1. The van der Waals surface area contributed by atoms with Crippen LogP contribution in [0.3, 0.4) is 0 Å². The van der Waals surface area contributed by atoms with Gasteiger partial charge in [0.1, 0.15) is 11.9 Å². The van der Waals surface area contributed by atoms with E-state index in [1.54, 1.807) is 38.0 Å². The van der Waals surface area contributed by atoms with E-state index in [4.69, 9.17) is 9.47 Å². The molecule has 4 rings (SSSR count). The lowest BCUT2D eigenvalue weighted by Gasteiger charge is -2.32. The largest absolute Gasteiger partial charge is 0.496 e.